The van der Waals surface area contributed by atoms with Crippen LogP contribution >= 0.6 is 0 Å². The SMILES string of the molecule is C=CC(=O)Nc1cccc(Nc2nc(N3CCCC[C@H]3CCO)nc3c2ncn3CC)c1. The predicted octanol–water partition coefficient (Wildman–Crippen LogP) is 3.46. The molecule has 32 heavy (non-hydrogen) atoms. The fraction of sp³-hybridized carbons (Fsp3) is 0.391. The zero-order chi connectivity index (χ0) is 22.5. The van der Waals surface area contributed by atoms with E-state index in [2.05, 4.69) is 34.0 Å². The summed E-state index contributed by atoms with van der Waals surface area (Å²) in [7, 11) is 0. The molecule has 9 heteroatoms. The van der Waals surface area contributed by atoms with Crippen LogP contribution in [0.15, 0.2) is 43.2 Å². The summed E-state index contributed by atoms with van der Waals surface area (Å²) in [5.74, 6) is 0.984. The molecule has 2 aromatic heterocycles. The van der Waals surface area contributed by atoms with Gasteiger partial charge in [-0.15, -0.1) is 0 Å². The second-order valence-corrected chi connectivity index (χ2v) is 7.83. The molecule has 3 N–H and O–H groups in total. The van der Waals surface area contributed by atoms with Crippen molar-refractivity contribution in [1.82, 2.24) is 19.5 Å². The summed E-state index contributed by atoms with van der Waals surface area (Å²) in [5, 5.41) is 15.7. The summed E-state index contributed by atoms with van der Waals surface area (Å²) in [6.07, 6.45) is 6.94. The van der Waals surface area contributed by atoms with E-state index in [1.807, 2.05) is 28.8 Å². The molecular formula is C23H29N7O2. The van der Waals surface area contributed by atoms with Crippen LogP contribution < -0.4 is 15.5 Å². The van der Waals surface area contributed by atoms with E-state index < -0.39 is 0 Å². The molecular weight excluding hydrogens is 406 g/mol. The van der Waals surface area contributed by atoms with Gasteiger partial charge in [0.25, 0.3) is 0 Å². The molecule has 1 aliphatic rings. The molecule has 168 valence electrons. The minimum Gasteiger partial charge on any atom is -0.396 e. The number of benzene rings is 1. The number of carbonyl (C=O) groups is 1. The van der Waals surface area contributed by atoms with Crippen LogP contribution in [0.25, 0.3) is 11.2 Å². The van der Waals surface area contributed by atoms with Gasteiger partial charge in [-0.1, -0.05) is 12.6 Å². The number of amides is 1. The largest absolute Gasteiger partial charge is 0.396 e. The first kappa shape index (κ1) is 21.8. The third-order valence-corrected chi connectivity index (χ3v) is 5.72. The number of fused-ring (bicyclic) bond motifs is 1. The smallest absolute Gasteiger partial charge is 0.247 e. The Morgan fingerprint density at radius 1 is 1.31 bits per heavy atom. The molecule has 0 aliphatic carbocycles. The molecule has 1 atom stereocenters. The summed E-state index contributed by atoms with van der Waals surface area (Å²) < 4.78 is 2.00. The number of imidazole rings is 1. The van der Waals surface area contributed by atoms with Crippen LogP contribution in [-0.2, 0) is 11.3 Å². The second-order valence-electron chi connectivity index (χ2n) is 7.83. The zero-order valence-electron chi connectivity index (χ0n) is 18.3. The number of rotatable bonds is 8. The number of anilines is 4. The van der Waals surface area contributed by atoms with Crippen molar-refractivity contribution in [3.8, 4) is 0 Å². The summed E-state index contributed by atoms with van der Waals surface area (Å²) in [4.78, 5) is 28.1. The molecule has 1 fully saturated rings. The average molecular weight is 436 g/mol. The normalized spacial score (nSPS) is 16.2. The lowest BCUT2D eigenvalue weighted by Crippen LogP contribution is -2.41. The lowest BCUT2D eigenvalue weighted by molar-refractivity contribution is -0.111. The van der Waals surface area contributed by atoms with Gasteiger partial charge in [-0.05, 0) is 56.9 Å². The number of hydrogen-bond donors (Lipinski definition) is 3. The molecule has 1 aliphatic heterocycles. The Morgan fingerprint density at radius 3 is 2.94 bits per heavy atom. The lowest BCUT2D eigenvalue weighted by Gasteiger charge is -2.35. The van der Waals surface area contributed by atoms with Crippen molar-refractivity contribution in [2.24, 2.45) is 0 Å². The highest BCUT2D eigenvalue weighted by atomic mass is 16.3. The molecule has 0 bridgehead atoms. The number of aryl methyl sites for hydroxylation is 1. The van der Waals surface area contributed by atoms with Crippen molar-refractivity contribution in [3.05, 3.63) is 43.2 Å². The van der Waals surface area contributed by atoms with Crippen LogP contribution in [0, 0.1) is 0 Å². The van der Waals surface area contributed by atoms with Gasteiger partial charge in [-0.3, -0.25) is 4.79 Å². The molecule has 0 unspecified atom stereocenters. The first-order valence-electron chi connectivity index (χ1n) is 11.0. The molecule has 0 radical (unpaired) electrons. The molecule has 0 saturated carbocycles. The summed E-state index contributed by atoms with van der Waals surface area (Å²) in [6.45, 7) is 7.29. The van der Waals surface area contributed by atoms with Crippen molar-refractivity contribution in [2.75, 3.05) is 28.7 Å². The van der Waals surface area contributed by atoms with E-state index >= 15 is 0 Å². The van der Waals surface area contributed by atoms with Gasteiger partial charge in [0.1, 0.15) is 0 Å². The van der Waals surface area contributed by atoms with E-state index in [9.17, 15) is 9.90 Å². The third kappa shape index (κ3) is 4.57. The third-order valence-electron chi connectivity index (χ3n) is 5.72. The van der Waals surface area contributed by atoms with Crippen LogP contribution in [0.4, 0.5) is 23.1 Å². The number of aliphatic hydroxyl groups is 1. The molecule has 0 spiro atoms. The fourth-order valence-corrected chi connectivity index (χ4v) is 4.10. The van der Waals surface area contributed by atoms with Gasteiger partial charge in [0.15, 0.2) is 17.0 Å². The molecule has 3 heterocycles. The van der Waals surface area contributed by atoms with E-state index in [0.29, 0.717) is 29.4 Å². The predicted molar refractivity (Wildman–Crippen MR) is 126 cm³/mol. The summed E-state index contributed by atoms with van der Waals surface area (Å²) in [5.41, 5.74) is 2.88. The zero-order valence-corrected chi connectivity index (χ0v) is 18.3. The van der Waals surface area contributed by atoms with Crippen molar-refractivity contribution >= 4 is 40.2 Å². The Kier molecular flexibility index (Phi) is 6.65. The number of nitrogens with zero attached hydrogens (tertiary/aromatic N) is 5. The standard InChI is InChI=1S/C23H29N7O2/c1-3-19(32)25-16-8-7-9-17(14-16)26-21-20-22(29(4-2)15-24-20)28-23(27-21)30-12-6-5-10-18(30)11-13-31/h3,7-9,14-15,18,31H,1,4-6,10-13H2,2H3,(H,25,32)(H,26,27,28)/t18-/m0/s1. The molecule has 9 nitrogen and oxygen atoms in total. The van der Waals surface area contributed by atoms with Gasteiger partial charge in [-0.2, -0.15) is 9.97 Å². The van der Waals surface area contributed by atoms with Gasteiger partial charge in [0.05, 0.1) is 6.33 Å². The average Bonchev–Trinajstić information content (AvgIpc) is 3.23. The van der Waals surface area contributed by atoms with E-state index in [-0.39, 0.29) is 18.6 Å². The fourth-order valence-electron chi connectivity index (χ4n) is 4.10. The van der Waals surface area contributed by atoms with Crippen LogP contribution in [0.1, 0.15) is 32.6 Å². The summed E-state index contributed by atoms with van der Waals surface area (Å²) in [6, 6.07) is 7.62. The molecule has 1 saturated heterocycles. The Labute approximate surface area is 187 Å². The monoisotopic (exact) mass is 435 g/mol. The minimum absolute atomic E-state index is 0.143. The van der Waals surface area contributed by atoms with E-state index in [0.717, 1.165) is 43.7 Å². The molecule has 3 aromatic rings. The highest BCUT2D eigenvalue weighted by molar-refractivity contribution is 5.99. The quantitative estimate of drug-likeness (QED) is 0.465. The highest BCUT2D eigenvalue weighted by Gasteiger charge is 2.26. The number of carbonyl (C=O) groups excluding carboxylic acids is 1. The van der Waals surface area contributed by atoms with Crippen LogP contribution in [0.5, 0.6) is 0 Å². The maximum atomic E-state index is 11.7. The highest BCUT2D eigenvalue weighted by Crippen LogP contribution is 2.30. The van der Waals surface area contributed by atoms with Crippen LogP contribution in [0.2, 0.25) is 0 Å². The van der Waals surface area contributed by atoms with E-state index in [4.69, 9.17) is 9.97 Å². The number of hydrogen-bond acceptors (Lipinski definition) is 7. The van der Waals surface area contributed by atoms with Gasteiger partial charge in [-0.25, -0.2) is 4.98 Å². The Bertz CT molecular complexity index is 1110. The number of aliphatic hydroxyl groups excluding tert-OH is 1. The first-order chi connectivity index (χ1) is 15.6. The first-order valence-corrected chi connectivity index (χ1v) is 11.0. The Hall–Kier alpha value is -3.46. The van der Waals surface area contributed by atoms with Crippen LogP contribution in [-0.4, -0.2) is 49.7 Å². The van der Waals surface area contributed by atoms with Crippen LogP contribution in [0.3, 0.4) is 0 Å². The molecule has 4 rings (SSSR count). The topological polar surface area (TPSA) is 108 Å². The minimum atomic E-state index is -0.268. The number of aromatic nitrogens is 4. The van der Waals surface area contributed by atoms with Gasteiger partial charge >= 0.3 is 0 Å². The van der Waals surface area contributed by atoms with Crippen molar-refractivity contribution in [1.29, 1.82) is 0 Å². The van der Waals surface area contributed by atoms with E-state index in [1.54, 1.807) is 6.33 Å². The van der Waals surface area contributed by atoms with Crippen molar-refractivity contribution in [2.45, 2.75) is 45.2 Å². The van der Waals surface area contributed by atoms with Gasteiger partial charge in [0, 0.05) is 37.1 Å². The number of nitrogens with one attached hydrogen (secondary N) is 2. The van der Waals surface area contributed by atoms with E-state index in [1.165, 1.54) is 6.08 Å². The molecule has 1 amide bonds. The van der Waals surface area contributed by atoms with Gasteiger partial charge in [0.2, 0.25) is 11.9 Å². The number of piperidine rings is 1. The van der Waals surface area contributed by atoms with Gasteiger partial charge < -0.3 is 25.2 Å². The van der Waals surface area contributed by atoms with Crippen molar-refractivity contribution in [3.63, 3.8) is 0 Å². The maximum Gasteiger partial charge on any atom is 0.247 e. The maximum absolute atomic E-state index is 11.7. The summed E-state index contributed by atoms with van der Waals surface area (Å²) >= 11 is 0. The second kappa shape index (κ2) is 9.78. The lowest BCUT2D eigenvalue weighted by atomic mass is 10.0. The van der Waals surface area contributed by atoms with Crippen molar-refractivity contribution < 1.29 is 9.90 Å². The Balaban J connectivity index is 1.72. The molecule has 1 aromatic carbocycles. The Morgan fingerprint density at radius 2 is 2.16 bits per heavy atom.